The first-order valence-electron chi connectivity index (χ1n) is 4.99. The maximum atomic E-state index is 11.3. The highest BCUT2D eigenvalue weighted by Crippen LogP contribution is 2.29. The molecule has 0 aliphatic rings. The Morgan fingerprint density at radius 3 is 2.53 bits per heavy atom. The first-order chi connectivity index (χ1) is 7.95. The normalized spacial score (nSPS) is 10.1. The van der Waals surface area contributed by atoms with Crippen LogP contribution in [0.3, 0.4) is 0 Å². The summed E-state index contributed by atoms with van der Waals surface area (Å²) in [5, 5.41) is 10.8. The van der Waals surface area contributed by atoms with E-state index in [1.165, 1.54) is 25.3 Å². The van der Waals surface area contributed by atoms with Crippen molar-refractivity contribution in [3.05, 3.63) is 33.9 Å². The number of carbonyl (C=O) groups is 1. The van der Waals surface area contributed by atoms with Gasteiger partial charge in [0.25, 0.3) is 0 Å². The molecule has 0 unspecified atom stereocenters. The van der Waals surface area contributed by atoms with Gasteiger partial charge in [-0.05, 0) is 19.9 Å². The van der Waals surface area contributed by atoms with Crippen molar-refractivity contribution in [3.8, 4) is 5.75 Å². The van der Waals surface area contributed by atoms with E-state index in [9.17, 15) is 14.9 Å². The molecule has 17 heavy (non-hydrogen) atoms. The van der Waals surface area contributed by atoms with Gasteiger partial charge in [-0.25, -0.2) is 4.79 Å². The Kier molecular flexibility index (Phi) is 4.03. The molecular formula is C11H13NO5. The van der Waals surface area contributed by atoms with Crippen LogP contribution < -0.4 is 4.74 Å². The number of nitro benzene ring substituents is 1. The standard InChI is InChI=1S/C11H13NO5/c1-7(2)17-10-6-8(11(13)16-3)4-5-9(10)12(14)15/h4-7H,1-3H3. The highest BCUT2D eigenvalue weighted by atomic mass is 16.6. The summed E-state index contributed by atoms with van der Waals surface area (Å²) in [6.07, 6.45) is -0.221. The first kappa shape index (κ1) is 13.0. The molecule has 0 saturated heterocycles. The first-order valence-corrected chi connectivity index (χ1v) is 4.99. The minimum absolute atomic E-state index is 0.0629. The number of methoxy groups -OCH3 is 1. The molecule has 0 atom stereocenters. The van der Waals surface area contributed by atoms with Gasteiger partial charge in [0, 0.05) is 12.1 Å². The molecule has 1 aromatic rings. The van der Waals surface area contributed by atoms with E-state index in [1.807, 2.05) is 0 Å². The van der Waals surface area contributed by atoms with Crippen LogP contribution in [-0.2, 0) is 4.74 Å². The zero-order valence-corrected chi connectivity index (χ0v) is 9.80. The Hall–Kier alpha value is -2.11. The monoisotopic (exact) mass is 239 g/mol. The third-order valence-electron chi connectivity index (χ3n) is 1.94. The van der Waals surface area contributed by atoms with Crippen LogP contribution in [0.1, 0.15) is 24.2 Å². The highest BCUT2D eigenvalue weighted by molar-refractivity contribution is 5.90. The molecule has 0 bridgehead atoms. The minimum atomic E-state index is -0.562. The topological polar surface area (TPSA) is 78.7 Å². The van der Waals surface area contributed by atoms with Gasteiger partial charge >= 0.3 is 11.7 Å². The number of rotatable bonds is 4. The van der Waals surface area contributed by atoms with E-state index in [4.69, 9.17) is 4.74 Å². The van der Waals surface area contributed by atoms with E-state index in [1.54, 1.807) is 13.8 Å². The molecule has 0 spiro atoms. The summed E-state index contributed by atoms with van der Waals surface area (Å²) in [6, 6.07) is 3.87. The predicted octanol–water partition coefficient (Wildman–Crippen LogP) is 2.17. The number of hydrogen-bond donors (Lipinski definition) is 0. The summed E-state index contributed by atoms with van der Waals surface area (Å²) in [4.78, 5) is 21.5. The number of benzene rings is 1. The fraction of sp³-hybridized carbons (Fsp3) is 0.364. The number of esters is 1. The molecule has 0 fully saturated rings. The van der Waals surface area contributed by atoms with Crippen LogP contribution in [-0.4, -0.2) is 24.1 Å². The van der Waals surface area contributed by atoms with Gasteiger partial charge in [-0.15, -0.1) is 0 Å². The fourth-order valence-corrected chi connectivity index (χ4v) is 1.26. The molecule has 0 saturated carbocycles. The highest BCUT2D eigenvalue weighted by Gasteiger charge is 2.19. The van der Waals surface area contributed by atoms with Gasteiger partial charge in [-0.2, -0.15) is 0 Å². The van der Waals surface area contributed by atoms with Crippen molar-refractivity contribution in [1.29, 1.82) is 0 Å². The zero-order chi connectivity index (χ0) is 13.0. The van der Waals surface area contributed by atoms with Crippen molar-refractivity contribution >= 4 is 11.7 Å². The SMILES string of the molecule is COC(=O)c1ccc([N+](=O)[O-])c(OC(C)C)c1. The van der Waals surface area contributed by atoms with Gasteiger partial charge in [0.2, 0.25) is 0 Å². The molecule has 0 N–H and O–H groups in total. The molecular weight excluding hydrogens is 226 g/mol. The lowest BCUT2D eigenvalue weighted by Gasteiger charge is -2.10. The molecule has 0 aromatic heterocycles. The van der Waals surface area contributed by atoms with E-state index in [0.717, 1.165) is 0 Å². The van der Waals surface area contributed by atoms with Gasteiger partial charge in [-0.3, -0.25) is 10.1 Å². The Morgan fingerprint density at radius 1 is 1.41 bits per heavy atom. The van der Waals surface area contributed by atoms with Crippen LogP contribution >= 0.6 is 0 Å². The Morgan fingerprint density at radius 2 is 2.06 bits per heavy atom. The van der Waals surface area contributed by atoms with Gasteiger partial charge < -0.3 is 9.47 Å². The third kappa shape index (κ3) is 3.17. The lowest BCUT2D eigenvalue weighted by atomic mass is 10.2. The van der Waals surface area contributed by atoms with Gasteiger partial charge in [0.05, 0.1) is 23.7 Å². The van der Waals surface area contributed by atoms with Crippen LogP contribution in [0, 0.1) is 10.1 Å². The van der Waals surface area contributed by atoms with Crippen LogP contribution in [0.5, 0.6) is 5.75 Å². The minimum Gasteiger partial charge on any atom is -0.484 e. The maximum Gasteiger partial charge on any atom is 0.337 e. The van der Waals surface area contributed by atoms with Crippen molar-refractivity contribution in [2.45, 2.75) is 20.0 Å². The molecule has 0 amide bonds. The average Bonchev–Trinajstić information content (AvgIpc) is 2.26. The number of ether oxygens (including phenoxy) is 2. The van der Waals surface area contributed by atoms with Crippen LogP contribution in [0.4, 0.5) is 5.69 Å². The second-order valence-corrected chi connectivity index (χ2v) is 3.60. The second-order valence-electron chi connectivity index (χ2n) is 3.60. The molecule has 92 valence electrons. The fourth-order valence-electron chi connectivity index (χ4n) is 1.26. The summed E-state index contributed by atoms with van der Waals surface area (Å²) < 4.78 is 9.82. The van der Waals surface area contributed by atoms with Crippen molar-refractivity contribution in [2.24, 2.45) is 0 Å². The molecule has 0 radical (unpaired) electrons. The Balaban J connectivity index is 3.18. The summed E-state index contributed by atoms with van der Waals surface area (Å²) in [5.74, 6) is -0.499. The molecule has 0 aliphatic heterocycles. The molecule has 0 heterocycles. The van der Waals surface area contributed by atoms with Crippen molar-refractivity contribution < 1.29 is 19.2 Å². The van der Waals surface area contributed by atoms with E-state index in [2.05, 4.69) is 4.74 Å². The number of hydrogen-bond acceptors (Lipinski definition) is 5. The number of carbonyl (C=O) groups excluding carboxylic acids is 1. The summed E-state index contributed by atoms with van der Waals surface area (Å²) >= 11 is 0. The van der Waals surface area contributed by atoms with Crippen LogP contribution in [0.25, 0.3) is 0 Å². The molecule has 1 rings (SSSR count). The molecule has 6 nitrogen and oxygen atoms in total. The quantitative estimate of drug-likeness (QED) is 0.457. The largest absolute Gasteiger partial charge is 0.484 e. The Bertz CT molecular complexity index is 441. The van der Waals surface area contributed by atoms with E-state index in [-0.39, 0.29) is 23.1 Å². The molecule has 1 aromatic carbocycles. The molecule has 6 heteroatoms. The maximum absolute atomic E-state index is 11.3. The van der Waals surface area contributed by atoms with Gasteiger partial charge in [-0.1, -0.05) is 0 Å². The van der Waals surface area contributed by atoms with Gasteiger partial charge in [0.1, 0.15) is 0 Å². The lowest BCUT2D eigenvalue weighted by Crippen LogP contribution is -2.09. The molecule has 0 aliphatic carbocycles. The van der Waals surface area contributed by atoms with Crippen molar-refractivity contribution in [2.75, 3.05) is 7.11 Å². The van der Waals surface area contributed by atoms with E-state index < -0.39 is 10.9 Å². The number of nitro groups is 1. The van der Waals surface area contributed by atoms with Crippen molar-refractivity contribution in [1.82, 2.24) is 0 Å². The lowest BCUT2D eigenvalue weighted by molar-refractivity contribution is -0.386. The predicted molar refractivity (Wildman–Crippen MR) is 60.2 cm³/mol. The van der Waals surface area contributed by atoms with E-state index >= 15 is 0 Å². The van der Waals surface area contributed by atoms with Crippen LogP contribution in [0.15, 0.2) is 18.2 Å². The second kappa shape index (κ2) is 5.29. The zero-order valence-electron chi connectivity index (χ0n) is 9.80. The summed E-state index contributed by atoms with van der Waals surface area (Å²) in [5.41, 5.74) is 0.0418. The van der Waals surface area contributed by atoms with Crippen LogP contribution in [0.2, 0.25) is 0 Å². The average molecular weight is 239 g/mol. The Labute approximate surface area is 98.3 Å². The van der Waals surface area contributed by atoms with Crippen molar-refractivity contribution in [3.63, 3.8) is 0 Å². The summed E-state index contributed by atoms with van der Waals surface area (Å²) in [6.45, 7) is 3.49. The summed E-state index contributed by atoms with van der Waals surface area (Å²) in [7, 11) is 1.24. The third-order valence-corrected chi connectivity index (χ3v) is 1.94. The number of nitrogens with zero attached hydrogens (tertiary/aromatic N) is 1. The van der Waals surface area contributed by atoms with E-state index in [0.29, 0.717) is 0 Å². The van der Waals surface area contributed by atoms with Gasteiger partial charge in [0.15, 0.2) is 5.75 Å². The smallest absolute Gasteiger partial charge is 0.337 e.